The molecule has 1 saturated carbocycles. The molecule has 0 saturated heterocycles. The molecule has 0 atom stereocenters. The first-order valence-electron chi connectivity index (χ1n) is 11.5. The maximum Gasteiger partial charge on any atom is 0.254 e. The number of sulfonamides is 1. The standard InChI is InChI=1S/C25H28FN3O3S/c1-28(19-5-3-2-4-6-19)33(31,32)20-10-7-17(8-11-20)25(30)29-14-13-24-22(16-29)21-15-18(26)9-12-23(21)27-24/h7-12,15,19,27H,2-6,13-14,16H2,1H3. The van der Waals surface area contributed by atoms with Crippen LogP contribution in [0.25, 0.3) is 10.9 Å². The van der Waals surface area contributed by atoms with Gasteiger partial charge in [-0.25, -0.2) is 12.8 Å². The zero-order valence-corrected chi connectivity index (χ0v) is 19.5. The summed E-state index contributed by atoms with van der Waals surface area (Å²) in [4.78, 5) is 18.4. The monoisotopic (exact) mass is 469 g/mol. The molecule has 2 aliphatic rings. The molecule has 1 amide bonds. The highest BCUT2D eigenvalue weighted by atomic mass is 32.2. The van der Waals surface area contributed by atoms with Crippen LogP contribution in [0.3, 0.4) is 0 Å². The average molecular weight is 470 g/mol. The lowest BCUT2D eigenvalue weighted by Gasteiger charge is -2.30. The van der Waals surface area contributed by atoms with Crippen molar-refractivity contribution in [3.63, 3.8) is 0 Å². The Hall–Kier alpha value is -2.71. The van der Waals surface area contributed by atoms with Gasteiger partial charge in [0.25, 0.3) is 5.91 Å². The lowest BCUT2D eigenvalue weighted by atomic mass is 9.96. The largest absolute Gasteiger partial charge is 0.358 e. The van der Waals surface area contributed by atoms with Gasteiger partial charge >= 0.3 is 0 Å². The van der Waals surface area contributed by atoms with E-state index in [4.69, 9.17) is 0 Å². The number of amides is 1. The summed E-state index contributed by atoms with van der Waals surface area (Å²) in [5.41, 5.74) is 3.29. The van der Waals surface area contributed by atoms with E-state index in [1.165, 1.54) is 28.6 Å². The van der Waals surface area contributed by atoms with E-state index in [1.54, 1.807) is 30.1 Å². The topological polar surface area (TPSA) is 73.5 Å². The molecule has 1 fully saturated rings. The summed E-state index contributed by atoms with van der Waals surface area (Å²) in [6, 6.07) is 10.9. The van der Waals surface area contributed by atoms with Crippen molar-refractivity contribution in [3.8, 4) is 0 Å². The Morgan fingerprint density at radius 2 is 1.82 bits per heavy atom. The van der Waals surface area contributed by atoms with E-state index in [9.17, 15) is 17.6 Å². The maximum absolute atomic E-state index is 13.8. The van der Waals surface area contributed by atoms with Gasteiger partial charge in [-0.2, -0.15) is 4.31 Å². The van der Waals surface area contributed by atoms with Gasteiger partial charge in [0, 0.05) is 60.3 Å². The normalized spacial score (nSPS) is 17.5. The molecule has 0 radical (unpaired) electrons. The highest BCUT2D eigenvalue weighted by Crippen LogP contribution is 2.30. The molecular weight excluding hydrogens is 441 g/mol. The predicted molar refractivity (Wildman–Crippen MR) is 125 cm³/mol. The third kappa shape index (κ3) is 4.06. The summed E-state index contributed by atoms with van der Waals surface area (Å²) in [5, 5.41) is 0.801. The number of rotatable bonds is 4. The van der Waals surface area contributed by atoms with Gasteiger partial charge in [-0.3, -0.25) is 4.79 Å². The molecule has 174 valence electrons. The molecule has 0 bridgehead atoms. The molecule has 1 aromatic heterocycles. The second-order valence-corrected chi connectivity index (χ2v) is 11.1. The molecule has 0 unspecified atom stereocenters. The van der Waals surface area contributed by atoms with Crippen molar-refractivity contribution >= 4 is 26.8 Å². The number of aromatic amines is 1. The van der Waals surface area contributed by atoms with E-state index in [0.29, 0.717) is 25.1 Å². The molecule has 1 aliphatic heterocycles. The van der Waals surface area contributed by atoms with Crippen LogP contribution in [0.4, 0.5) is 4.39 Å². The summed E-state index contributed by atoms with van der Waals surface area (Å²) >= 11 is 0. The number of hydrogen-bond donors (Lipinski definition) is 1. The molecule has 8 heteroatoms. The number of H-pyrrole nitrogens is 1. The third-order valence-electron chi connectivity index (χ3n) is 7.09. The molecule has 33 heavy (non-hydrogen) atoms. The zero-order chi connectivity index (χ0) is 23.2. The number of nitrogens with one attached hydrogen (secondary N) is 1. The minimum atomic E-state index is -3.60. The smallest absolute Gasteiger partial charge is 0.254 e. The Bertz CT molecular complexity index is 1290. The molecule has 3 aromatic rings. The van der Waals surface area contributed by atoms with Crippen LogP contribution in [-0.4, -0.2) is 48.1 Å². The number of benzene rings is 2. The van der Waals surface area contributed by atoms with Crippen LogP contribution < -0.4 is 0 Å². The van der Waals surface area contributed by atoms with Crippen molar-refractivity contribution in [1.82, 2.24) is 14.2 Å². The van der Waals surface area contributed by atoms with Crippen LogP contribution in [0.1, 0.15) is 53.7 Å². The number of halogens is 1. The fourth-order valence-electron chi connectivity index (χ4n) is 5.12. The first-order valence-corrected chi connectivity index (χ1v) is 12.9. The van der Waals surface area contributed by atoms with Gasteiger partial charge in [-0.1, -0.05) is 19.3 Å². The molecule has 2 aromatic carbocycles. The van der Waals surface area contributed by atoms with E-state index in [-0.39, 0.29) is 22.7 Å². The van der Waals surface area contributed by atoms with Crippen LogP contribution in [0, 0.1) is 5.82 Å². The quantitative estimate of drug-likeness (QED) is 0.613. The summed E-state index contributed by atoms with van der Waals surface area (Å²) in [6.07, 6.45) is 5.71. The van der Waals surface area contributed by atoms with Crippen molar-refractivity contribution in [2.45, 2.75) is 56.0 Å². The molecule has 1 aliphatic carbocycles. The average Bonchev–Trinajstić information content (AvgIpc) is 3.20. The van der Waals surface area contributed by atoms with E-state index in [0.717, 1.165) is 54.3 Å². The molecular formula is C25H28FN3O3S. The summed E-state index contributed by atoms with van der Waals surface area (Å²) in [7, 11) is -1.95. The van der Waals surface area contributed by atoms with Crippen LogP contribution in [-0.2, 0) is 23.0 Å². The number of carbonyl (C=O) groups is 1. The van der Waals surface area contributed by atoms with Crippen molar-refractivity contribution in [3.05, 3.63) is 65.1 Å². The number of hydrogen-bond acceptors (Lipinski definition) is 3. The SMILES string of the molecule is CN(C1CCCCC1)S(=O)(=O)c1ccc(C(=O)N2CCc3[nH]c4ccc(F)cc4c3C2)cc1. The summed E-state index contributed by atoms with van der Waals surface area (Å²) in [5.74, 6) is -0.460. The number of aromatic nitrogens is 1. The van der Waals surface area contributed by atoms with Crippen molar-refractivity contribution in [2.24, 2.45) is 0 Å². The highest BCUT2D eigenvalue weighted by molar-refractivity contribution is 7.89. The minimum absolute atomic E-state index is 0.0358. The summed E-state index contributed by atoms with van der Waals surface area (Å²) < 4.78 is 41.4. The van der Waals surface area contributed by atoms with E-state index >= 15 is 0 Å². The van der Waals surface area contributed by atoms with Crippen LogP contribution in [0.5, 0.6) is 0 Å². The Labute approximate surface area is 193 Å². The number of carbonyl (C=O) groups excluding carboxylic acids is 1. The third-order valence-corrected chi connectivity index (χ3v) is 9.02. The first-order chi connectivity index (χ1) is 15.8. The van der Waals surface area contributed by atoms with Gasteiger partial charge in [0.1, 0.15) is 5.82 Å². The summed E-state index contributed by atoms with van der Waals surface area (Å²) in [6.45, 7) is 0.938. The molecule has 5 rings (SSSR count). The Kier molecular flexibility index (Phi) is 5.74. The van der Waals surface area contributed by atoms with Crippen LogP contribution in [0.15, 0.2) is 47.4 Å². The van der Waals surface area contributed by atoms with Crippen molar-refractivity contribution in [2.75, 3.05) is 13.6 Å². The fraction of sp³-hybridized carbons (Fsp3) is 0.400. The van der Waals surface area contributed by atoms with Crippen molar-refractivity contribution < 1.29 is 17.6 Å². The molecule has 6 nitrogen and oxygen atoms in total. The predicted octanol–water partition coefficient (Wildman–Crippen LogP) is 4.46. The lowest BCUT2D eigenvalue weighted by molar-refractivity contribution is 0.0735. The highest BCUT2D eigenvalue weighted by Gasteiger charge is 2.30. The Morgan fingerprint density at radius 1 is 1.09 bits per heavy atom. The van der Waals surface area contributed by atoms with Gasteiger partial charge < -0.3 is 9.88 Å². The molecule has 1 N–H and O–H groups in total. The maximum atomic E-state index is 13.8. The first kappa shape index (κ1) is 22.1. The van der Waals surface area contributed by atoms with Gasteiger partial charge in [0.05, 0.1) is 4.90 Å². The Morgan fingerprint density at radius 3 is 2.55 bits per heavy atom. The van der Waals surface area contributed by atoms with E-state index in [2.05, 4.69) is 4.98 Å². The minimum Gasteiger partial charge on any atom is -0.358 e. The van der Waals surface area contributed by atoms with E-state index < -0.39 is 10.0 Å². The Balaban J connectivity index is 1.34. The number of fused-ring (bicyclic) bond motifs is 3. The van der Waals surface area contributed by atoms with Gasteiger partial charge in [-0.05, 0) is 55.3 Å². The molecule has 2 heterocycles. The second kappa shape index (κ2) is 8.57. The lowest BCUT2D eigenvalue weighted by Crippen LogP contribution is -2.38. The fourth-order valence-corrected chi connectivity index (χ4v) is 6.53. The van der Waals surface area contributed by atoms with Gasteiger partial charge in [0.2, 0.25) is 10.0 Å². The molecule has 0 spiro atoms. The number of nitrogens with zero attached hydrogens (tertiary/aromatic N) is 2. The van der Waals surface area contributed by atoms with E-state index in [1.807, 2.05) is 0 Å². The van der Waals surface area contributed by atoms with Crippen LogP contribution in [0.2, 0.25) is 0 Å². The van der Waals surface area contributed by atoms with Gasteiger partial charge in [-0.15, -0.1) is 0 Å². The van der Waals surface area contributed by atoms with Crippen LogP contribution >= 0.6 is 0 Å². The second-order valence-electron chi connectivity index (χ2n) is 9.09. The van der Waals surface area contributed by atoms with Crippen molar-refractivity contribution in [1.29, 1.82) is 0 Å². The van der Waals surface area contributed by atoms with Gasteiger partial charge in [0.15, 0.2) is 0 Å². The zero-order valence-electron chi connectivity index (χ0n) is 18.7.